The highest BCUT2D eigenvalue weighted by Crippen LogP contribution is 2.30. The van der Waals surface area contributed by atoms with Crippen LogP contribution in [0.1, 0.15) is 23.2 Å². The maximum Gasteiger partial charge on any atom is 0.257 e. The van der Waals surface area contributed by atoms with E-state index < -0.39 is 0 Å². The number of likely N-dealkylation sites (tertiary alicyclic amines) is 1. The number of rotatable bonds is 3. The molecule has 122 valence electrons. The summed E-state index contributed by atoms with van der Waals surface area (Å²) in [7, 11) is 3.77. The number of aromatic nitrogens is 2. The molecule has 23 heavy (non-hydrogen) atoms. The second kappa shape index (κ2) is 6.72. The van der Waals surface area contributed by atoms with Gasteiger partial charge >= 0.3 is 0 Å². The number of benzene rings is 1. The first kappa shape index (κ1) is 16.0. The lowest BCUT2D eigenvalue weighted by molar-refractivity contribution is 0.0699. The van der Waals surface area contributed by atoms with E-state index in [1.807, 2.05) is 43.3 Å². The minimum absolute atomic E-state index is 0.0213. The minimum atomic E-state index is 0.0213. The van der Waals surface area contributed by atoms with E-state index in [9.17, 15) is 4.79 Å². The highest BCUT2D eigenvalue weighted by Gasteiger charge is 2.27. The van der Waals surface area contributed by atoms with Crippen molar-refractivity contribution in [2.24, 2.45) is 7.05 Å². The Kier molecular flexibility index (Phi) is 4.68. The molecule has 1 amide bonds. The Hall–Kier alpha value is -1.85. The van der Waals surface area contributed by atoms with Crippen molar-refractivity contribution in [2.45, 2.75) is 18.9 Å². The van der Waals surface area contributed by atoms with E-state index in [4.69, 9.17) is 11.6 Å². The first-order chi connectivity index (χ1) is 11.1. The molecule has 0 aliphatic carbocycles. The number of amides is 1. The number of carbonyl (C=O) groups excluding carboxylic acids is 1. The van der Waals surface area contributed by atoms with Crippen LogP contribution in [0.5, 0.6) is 0 Å². The van der Waals surface area contributed by atoms with Crippen molar-refractivity contribution in [2.75, 3.05) is 20.1 Å². The first-order valence-corrected chi connectivity index (χ1v) is 8.23. The molecule has 0 spiro atoms. The topological polar surface area (TPSA) is 50.2 Å². The van der Waals surface area contributed by atoms with E-state index in [0.717, 1.165) is 31.5 Å². The summed E-state index contributed by atoms with van der Waals surface area (Å²) in [5.74, 6) is 0.0213. The van der Waals surface area contributed by atoms with Crippen molar-refractivity contribution in [3.8, 4) is 11.3 Å². The molecule has 0 bridgehead atoms. The molecule has 1 fully saturated rings. The van der Waals surface area contributed by atoms with Gasteiger partial charge in [-0.3, -0.25) is 9.48 Å². The fourth-order valence-corrected chi connectivity index (χ4v) is 3.29. The monoisotopic (exact) mass is 332 g/mol. The van der Waals surface area contributed by atoms with Crippen LogP contribution in [0.3, 0.4) is 0 Å². The fourth-order valence-electron chi connectivity index (χ4n) is 3.06. The van der Waals surface area contributed by atoms with Gasteiger partial charge in [0.1, 0.15) is 5.69 Å². The predicted octanol–water partition coefficient (Wildman–Crippen LogP) is 2.56. The molecule has 2 aromatic rings. The number of nitrogens with one attached hydrogen (secondary N) is 1. The van der Waals surface area contributed by atoms with Crippen molar-refractivity contribution < 1.29 is 4.79 Å². The zero-order chi connectivity index (χ0) is 16.4. The van der Waals surface area contributed by atoms with Gasteiger partial charge < -0.3 is 10.2 Å². The first-order valence-electron chi connectivity index (χ1n) is 7.85. The second-order valence-electron chi connectivity index (χ2n) is 5.92. The molecule has 0 radical (unpaired) electrons. The summed E-state index contributed by atoms with van der Waals surface area (Å²) in [5.41, 5.74) is 2.05. The molecule has 1 saturated heterocycles. The highest BCUT2D eigenvalue weighted by molar-refractivity contribution is 6.33. The van der Waals surface area contributed by atoms with E-state index in [0.29, 0.717) is 22.3 Å². The molecule has 1 aliphatic heterocycles. The number of carbonyl (C=O) groups is 1. The fraction of sp³-hybridized carbons (Fsp3) is 0.412. The number of nitrogens with zero attached hydrogens (tertiary/aromatic N) is 3. The highest BCUT2D eigenvalue weighted by atomic mass is 35.5. The summed E-state index contributed by atoms with van der Waals surface area (Å²) in [6.07, 6.45) is 3.90. The Morgan fingerprint density at radius 1 is 1.39 bits per heavy atom. The van der Waals surface area contributed by atoms with Crippen LogP contribution < -0.4 is 5.32 Å². The molecule has 6 heteroatoms. The summed E-state index contributed by atoms with van der Waals surface area (Å²) in [6, 6.07) is 7.85. The maximum absolute atomic E-state index is 13.0. The molecule has 1 aliphatic rings. The lowest BCUT2D eigenvalue weighted by Crippen LogP contribution is -2.47. The smallest absolute Gasteiger partial charge is 0.257 e. The number of aryl methyl sites for hydroxylation is 1. The van der Waals surface area contributed by atoms with Crippen molar-refractivity contribution in [1.29, 1.82) is 0 Å². The lowest BCUT2D eigenvalue weighted by Gasteiger charge is -2.32. The van der Waals surface area contributed by atoms with Gasteiger partial charge in [0, 0.05) is 37.9 Å². The van der Waals surface area contributed by atoms with Gasteiger partial charge in [-0.25, -0.2) is 0 Å². The molecule has 5 nitrogen and oxygen atoms in total. The third kappa shape index (κ3) is 3.26. The third-order valence-electron chi connectivity index (χ3n) is 4.31. The van der Waals surface area contributed by atoms with E-state index in [1.54, 1.807) is 10.9 Å². The van der Waals surface area contributed by atoms with Crippen LogP contribution in [0.15, 0.2) is 30.5 Å². The van der Waals surface area contributed by atoms with Gasteiger partial charge in [0.15, 0.2) is 0 Å². The molecule has 1 atom stereocenters. The number of piperidine rings is 1. The van der Waals surface area contributed by atoms with Crippen molar-refractivity contribution in [3.63, 3.8) is 0 Å². The Balaban J connectivity index is 1.94. The van der Waals surface area contributed by atoms with Gasteiger partial charge in [-0.15, -0.1) is 0 Å². The standard InChI is InChI=1S/C17H21ClN4O/c1-19-12-6-5-9-22(10-12)17(23)14-11-21(2)20-16(14)13-7-3-4-8-15(13)18/h3-4,7-8,11-12,19H,5-6,9-10H2,1-2H3. The van der Waals surface area contributed by atoms with Gasteiger partial charge in [0.25, 0.3) is 5.91 Å². The second-order valence-corrected chi connectivity index (χ2v) is 6.33. The SMILES string of the molecule is CNC1CCCN(C(=O)c2cn(C)nc2-c2ccccc2Cl)C1. The average molecular weight is 333 g/mol. The molecule has 1 unspecified atom stereocenters. The van der Waals surface area contributed by atoms with Gasteiger partial charge in [0.2, 0.25) is 0 Å². The molecule has 1 aromatic carbocycles. The number of halogens is 1. The van der Waals surface area contributed by atoms with E-state index in [2.05, 4.69) is 10.4 Å². The van der Waals surface area contributed by atoms with E-state index in [-0.39, 0.29) is 5.91 Å². The molecule has 2 heterocycles. The summed E-state index contributed by atoms with van der Waals surface area (Å²) < 4.78 is 1.67. The van der Waals surface area contributed by atoms with Crippen molar-refractivity contribution in [3.05, 3.63) is 41.0 Å². The van der Waals surface area contributed by atoms with Gasteiger partial charge in [-0.2, -0.15) is 5.10 Å². The largest absolute Gasteiger partial charge is 0.337 e. The van der Waals surface area contributed by atoms with Crippen LogP contribution in [0.2, 0.25) is 5.02 Å². The summed E-state index contributed by atoms with van der Waals surface area (Å²) in [5, 5.41) is 8.33. The van der Waals surface area contributed by atoms with E-state index >= 15 is 0 Å². The molecule has 1 aromatic heterocycles. The van der Waals surface area contributed by atoms with Crippen molar-refractivity contribution >= 4 is 17.5 Å². The predicted molar refractivity (Wildman–Crippen MR) is 91.6 cm³/mol. The van der Waals surface area contributed by atoms with Gasteiger partial charge in [0.05, 0.1) is 10.6 Å². The van der Waals surface area contributed by atoms with Crippen LogP contribution in [-0.4, -0.2) is 46.8 Å². The Morgan fingerprint density at radius 3 is 2.91 bits per heavy atom. The zero-order valence-corrected chi connectivity index (χ0v) is 14.2. The Morgan fingerprint density at radius 2 is 2.17 bits per heavy atom. The zero-order valence-electron chi connectivity index (χ0n) is 13.4. The van der Waals surface area contributed by atoms with Crippen molar-refractivity contribution in [1.82, 2.24) is 20.0 Å². The van der Waals surface area contributed by atoms with E-state index in [1.165, 1.54) is 0 Å². The van der Waals surface area contributed by atoms with Gasteiger partial charge in [-0.1, -0.05) is 29.8 Å². The summed E-state index contributed by atoms with van der Waals surface area (Å²) in [4.78, 5) is 14.9. The number of hydrogen-bond acceptors (Lipinski definition) is 3. The maximum atomic E-state index is 13.0. The van der Waals surface area contributed by atoms with Crippen LogP contribution in [-0.2, 0) is 7.05 Å². The summed E-state index contributed by atoms with van der Waals surface area (Å²) >= 11 is 6.29. The number of hydrogen-bond donors (Lipinski definition) is 1. The van der Waals surface area contributed by atoms with Crippen LogP contribution in [0, 0.1) is 0 Å². The number of likely N-dealkylation sites (N-methyl/N-ethyl adjacent to an activating group) is 1. The molecular formula is C17H21ClN4O. The van der Waals surface area contributed by atoms with Crippen LogP contribution >= 0.6 is 11.6 Å². The lowest BCUT2D eigenvalue weighted by atomic mass is 10.0. The molecular weight excluding hydrogens is 312 g/mol. The summed E-state index contributed by atoms with van der Waals surface area (Å²) in [6.45, 7) is 1.51. The molecule has 3 rings (SSSR count). The Labute approximate surface area is 141 Å². The third-order valence-corrected chi connectivity index (χ3v) is 4.63. The molecule has 1 N–H and O–H groups in total. The average Bonchev–Trinajstić information content (AvgIpc) is 2.96. The van der Waals surface area contributed by atoms with Crippen LogP contribution in [0.4, 0.5) is 0 Å². The van der Waals surface area contributed by atoms with Crippen LogP contribution in [0.25, 0.3) is 11.3 Å². The quantitative estimate of drug-likeness (QED) is 0.939. The Bertz CT molecular complexity index is 712. The van der Waals surface area contributed by atoms with Gasteiger partial charge in [-0.05, 0) is 26.0 Å². The normalized spacial score (nSPS) is 18.2. The minimum Gasteiger partial charge on any atom is -0.337 e. The molecule has 0 saturated carbocycles.